The topological polar surface area (TPSA) is 125 Å². The van der Waals surface area contributed by atoms with E-state index in [-0.39, 0.29) is 12.3 Å². The Morgan fingerprint density at radius 1 is 0.846 bits per heavy atom. The molecule has 204 valence electrons. The van der Waals surface area contributed by atoms with Crippen molar-refractivity contribution in [3.05, 3.63) is 83.4 Å². The third-order valence-electron chi connectivity index (χ3n) is 5.19. The van der Waals surface area contributed by atoms with Crippen LogP contribution in [-0.4, -0.2) is 50.9 Å². The lowest BCUT2D eigenvalue weighted by Crippen LogP contribution is -2.34. The molecule has 3 aromatic carbocycles. The van der Waals surface area contributed by atoms with Gasteiger partial charge in [0.05, 0.1) is 38.6 Å². The molecule has 2 amide bonds. The van der Waals surface area contributed by atoms with E-state index < -0.39 is 17.8 Å². The Morgan fingerprint density at radius 2 is 1.51 bits per heavy atom. The van der Waals surface area contributed by atoms with Gasteiger partial charge in [-0.1, -0.05) is 6.92 Å². The number of carbonyl (C=O) groups is 3. The number of rotatable bonds is 13. The molecule has 0 aliphatic rings. The van der Waals surface area contributed by atoms with E-state index in [1.165, 1.54) is 13.3 Å². The number of benzene rings is 3. The van der Waals surface area contributed by atoms with Gasteiger partial charge in [-0.2, -0.15) is 5.10 Å². The number of nitrogens with one attached hydrogen (secondary N) is 2. The highest BCUT2D eigenvalue weighted by Crippen LogP contribution is 2.28. The molecule has 0 atom stereocenters. The number of methoxy groups -OCH3 is 1. The highest BCUT2D eigenvalue weighted by atomic mass is 16.6. The van der Waals surface area contributed by atoms with Crippen LogP contribution in [0.15, 0.2) is 71.8 Å². The highest BCUT2D eigenvalue weighted by molar-refractivity contribution is 5.96. The molecule has 0 aliphatic heterocycles. The lowest BCUT2D eigenvalue weighted by atomic mass is 10.2. The maximum absolute atomic E-state index is 12.6. The first-order chi connectivity index (χ1) is 18.9. The van der Waals surface area contributed by atoms with Crippen LogP contribution in [0.3, 0.4) is 0 Å². The van der Waals surface area contributed by atoms with Gasteiger partial charge >= 0.3 is 5.97 Å². The molecular weight excluding hydrogens is 502 g/mol. The number of hydrazone groups is 1. The number of esters is 1. The summed E-state index contributed by atoms with van der Waals surface area (Å²) in [5, 5.41) is 6.43. The van der Waals surface area contributed by atoms with E-state index in [0.29, 0.717) is 47.2 Å². The molecule has 10 heteroatoms. The summed E-state index contributed by atoms with van der Waals surface area (Å²) in [5.74, 6) is 0.429. The van der Waals surface area contributed by atoms with Crippen molar-refractivity contribution in [2.75, 3.05) is 26.9 Å². The molecule has 0 unspecified atom stereocenters. The van der Waals surface area contributed by atoms with Crippen molar-refractivity contribution >= 4 is 24.0 Å². The standard InChI is InChI=1S/C29H31N3O7/c1-4-16-38-24-13-9-22(10-14-24)29(35)39-25-15-6-20(17-26(25)36-3)18-31-32-27(33)19-30-28(34)21-7-11-23(12-8-21)37-5-2/h6-15,17-18H,4-5,16,19H2,1-3H3,(H,30,34)(H,32,33). The fourth-order valence-electron chi connectivity index (χ4n) is 3.26. The molecule has 0 fully saturated rings. The van der Waals surface area contributed by atoms with Gasteiger partial charge in [0, 0.05) is 5.56 Å². The average molecular weight is 534 g/mol. The van der Waals surface area contributed by atoms with Crippen molar-refractivity contribution in [1.82, 2.24) is 10.7 Å². The zero-order valence-corrected chi connectivity index (χ0v) is 22.1. The van der Waals surface area contributed by atoms with E-state index in [4.69, 9.17) is 18.9 Å². The molecule has 0 heterocycles. The molecule has 0 spiro atoms. The molecule has 0 aromatic heterocycles. The van der Waals surface area contributed by atoms with Gasteiger partial charge in [-0.25, -0.2) is 10.2 Å². The molecule has 0 saturated carbocycles. The maximum atomic E-state index is 12.6. The van der Waals surface area contributed by atoms with Gasteiger partial charge in [0.2, 0.25) is 0 Å². The van der Waals surface area contributed by atoms with E-state index in [9.17, 15) is 14.4 Å². The fourth-order valence-corrected chi connectivity index (χ4v) is 3.26. The second kappa shape index (κ2) is 14.8. The van der Waals surface area contributed by atoms with Crippen LogP contribution in [0.25, 0.3) is 0 Å². The summed E-state index contributed by atoms with van der Waals surface area (Å²) in [6.45, 7) is 4.76. The molecule has 3 aromatic rings. The second-order valence-electron chi connectivity index (χ2n) is 8.11. The summed E-state index contributed by atoms with van der Waals surface area (Å²) >= 11 is 0. The third kappa shape index (κ3) is 8.89. The third-order valence-corrected chi connectivity index (χ3v) is 5.19. The zero-order valence-electron chi connectivity index (χ0n) is 22.1. The van der Waals surface area contributed by atoms with Crippen LogP contribution in [0.2, 0.25) is 0 Å². The van der Waals surface area contributed by atoms with Crippen molar-refractivity contribution < 1.29 is 33.3 Å². The Morgan fingerprint density at radius 3 is 2.15 bits per heavy atom. The van der Waals surface area contributed by atoms with Crippen LogP contribution in [0.4, 0.5) is 0 Å². The van der Waals surface area contributed by atoms with Gasteiger partial charge in [-0.3, -0.25) is 9.59 Å². The summed E-state index contributed by atoms with van der Waals surface area (Å²) in [6, 6.07) is 18.1. The minimum Gasteiger partial charge on any atom is -0.494 e. The van der Waals surface area contributed by atoms with Crippen molar-refractivity contribution in [2.45, 2.75) is 20.3 Å². The molecule has 0 radical (unpaired) electrons. The van der Waals surface area contributed by atoms with Crippen molar-refractivity contribution in [2.24, 2.45) is 5.10 Å². The summed E-state index contributed by atoms with van der Waals surface area (Å²) < 4.78 is 21.7. The molecule has 0 bridgehead atoms. The second-order valence-corrected chi connectivity index (χ2v) is 8.11. The summed E-state index contributed by atoms with van der Waals surface area (Å²) in [6.07, 6.45) is 2.29. The monoisotopic (exact) mass is 533 g/mol. The lowest BCUT2D eigenvalue weighted by molar-refractivity contribution is -0.120. The van der Waals surface area contributed by atoms with Crippen LogP contribution >= 0.6 is 0 Å². The minimum atomic E-state index is -0.545. The molecular formula is C29H31N3O7. The van der Waals surface area contributed by atoms with E-state index in [0.717, 1.165) is 6.42 Å². The van der Waals surface area contributed by atoms with E-state index >= 15 is 0 Å². The first-order valence-corrected chi connectivity index (χ1v) is 12.4. The number of amides is 2. The number of hydrogen-bond acceptors (Lipinski definition) is 8. The lowest BCUT2D eigenvalue weighted by Gasteiger charge is -2.10. The summed E-state index contributed by atoms with van der Waals surface area (Å²) in [7, 11) is 1.45. The van der Waals surface area contributed by atoms with Crippen LogP contribution in [0.1, 0.15) is 46.5 Å². The average Bonchev–Trinajstić information content (AvgIpc) is 2.96. The predicted octanol–water partition coefficient (Wildman–Crippen LogP) is 3.98. The highest BCUT2D eigenvalue weighted by Gasteiger charge is 2.13. The fraction of sp³-hybridized carbons (Fsp3) is 0.241. The van der Waals surface area contributed by atoms with E-state index in [1.54, 1.807) is 66.7 Å². The van der Waals surface area contributed by atoms with Gasteiger partial charge in [0.15, 0.2) is 11.5 Å². The van der Waals surface area contributed by atoms with Gasteiger partial charge in [0.25, 0.3) is 11.8 Å². The molecule has 10 nitrogen and oxygen atoms in total. The van der Waals surface area contributed by atoms with Crippen LogP contribution < -0.4 is 29.7 Å². The number of nitrogens with zero attached hydrogens (tertiary/aromatic N) is 1. The largest absolute Gasteiger partial charge is 0.494 e. The zero-order chi connectivity index (χ0) is 28.0. The Balaban J connectivity index is 1.50. The summed E-state index contributed by atoms with van der Waals surface area (Å²) in [5.41, 5.74) is 3.70. The van der Waals surface area contributed by atoms with Crippen molar-refractivity contribution in [3.63, 3.8) is 0 Å². The molecule has 2 N–H and O–H groups in total. The maximum Gasteiger partial charge on any atom is 0.343 e. The Hall–Kier alpha value is -4.86. The van der Waals surface area contributed by atoms with Gasteiger partial charge in [0.1, 0.15) is 11.5 Å². The smallest absolute Gasteiger partial charge is 0.343 e. The van der Waals surface area contributed by atoms with E-state index in [1.807, 2.05) is 13.8 Å². The Bertz CT molecular complexity index is 1290. The van der Waals surface area contributed by atoms with Crippen molar-refractivity contribution in [3.8, 4) is 23.0 Å². The molecule has 0 saturated heterocycles. The Labute approximate surface area is 226 Å². The van der Waals surface area contributed by atoms with Crippen molar-refractivity contribution in [1.29, 1.82) is 0 Å². The molecule has 39 heavy (non-hydrogen) atoms. The van der Waals surface area contributed by atoms with Crippen LogP contribution in [0, 0.1) is 0 Å². The van der Waals surface area contributed by atoms with Gasteiger partial charge in [-0.15, -0.1) is 0 Å². The van der Waals surface area contributed by atoms with Gasteiger partial charge in [-0.05, 0) is 85.6 Å². The number of ether oxygens (including phenoxy) is 4. The minimum absolute atomic E-state index is 0.229. The normalized spacial score (nSPS) is 10.5. The number of hydrogen-bond donors (Lipinski definition) is 2. The summed E-state index contributed by atoms with van der Waals surface area (Å²) in [4.78, 5) is 36.8. The first-order valence-electron chi connectivity index (χ1n) is 12.4. The number of carbonyl (C=O) groups excluding carboxylic acids is 3. The Kier molecular flexibility index (Phi) is 10.9. The first kappa shape index (κ1) is 28.7. The molecule has 0 aliphatic carbocycles. The van der Waals surface area contributed by atoms with E-state index in [2.05, 4.69) is 15.8 Å². The molecule has 3 rings (SSSR count). The SMILES string of the molecule is CCCOc1ccc(C(=O)Oc2ccc(C=NNC(=O)CNC(=O)c3ccc(OCC)cc3)cc2OC)cc1. The quantitative estimate of drug-likeness (QED) is 0.147. The van der Waals surface area contributed by atoms with Crippen LogP contribution in [-0.2, 0) is 4.79 Å². The van der Waals surface area contributed by atoms with Gasteiger partial charge < -0.3 is 24.3 Å². The van der Waals surface area contributed by atoms with Crippen LogP contribution in [0.5, 0.6) is 23.0 Å². The predicted molar refractivity (Wildman–Crippen MR) is 146 cm³/mol.